The number of rotatable bonds is 4. The number of hydrogen-bond acceptors (Lipinski definition) is 5. The number of nitriles is 1. The first-order chi connectivity index (χ1) is 11.5. The van der Waals surface area contributed by atoms with Crippen LogP contribution in [0.25, 0.3) is 11.3 Å². The van der Waals surface area contributed by atoms with E-state index in [2.05, 4.69) is 9.71 Å². The van der Waals surface area contributed by atoms with Crippen LogP contribution in [-0.2, 0) is 10.0 Å². The van der Waals surface area contributed by atoms with E-state index >= 15 is 0 Å². The van der Waals surface area contributed by atoms with E-state index in [4.69, 9.17) is 5.26 Å². The molecule has 5 nitrogen and oxygen atoms in total. The third kappa shape index (κ3) is 3.45. The maximum absolute atomic E-state index is 12.4. The third-order valence-corrected chi connectivity index (χ3v) is 5.52. The Balaban J connectivity index is 1.81. The van der Waals surface area contributed by atoms with Crippen molar-refractivity contribution in [2.75, 3.05) is 4.72 Å². The zero-order chi connectivity index (χ0) is 17.2. The second-order valence-corrected chi connectivity index (χ2v) is 7.82. The molecule has 3 aromatic rings. The topological polar surface area (TPSA) is 82.8 Å². The summed E-state index contributed by atoms with van der Waals surface area (Å²) in [5.41, 5.74) is 2.69. The highest BCUT2D eigenvalue weighted by Crippen LogP contribution is 2.24. The molecule has 1 N–H and O–H groups in total. The lowest BCUT2D eigenvalue weighted by molar-refractivity contribution is 0.601. The van der Waals surface area contributed by atoms with Crippen LogP contribution in [0.2, 0.25) is 0 Å². The molecule has 0 saturated carbocycles. The molecule has 0 radical (unpaired) electrons. The Morgan fingerprint density at radius 1 is 1.08 bits per heavy atom. The van der Waals surface area contributed by atoms with E-state index < -0.39 is 10.0 Å². The van der Waals surface area contributed by atoms with Gasteiger partial charge in [-0.3, -0.25) is 4.72 Å². The van der Waals surface area contributed by atoms with Crippen LogP contribution in [0.3, 0.4) is 0 Å². The summed E-state index contributed by atoms with van der Waals surface area (Å²) in [7, 11) is -3.68. The average molecular weight is 355 g/mol. The van der Waals surface area contributed by atoms with Crippen molar-refractivity contribution in [1.82, 2.24) is 4.98 Å². The van der Waals surface area contributed by atoms with Crippen LogP contribution < -0.4 is 4.72 Å². The molecule has 0 spiro atoms. The quantitative estimate of drug-likeness (QED) is 0.772. The van der Waals surface area contributed by atoms with Gasteiger partial charge in [-0.1, -0.05) is 12.1 Å². The van der Waals surface area contributed by atoms with Crippen molar-refractivity contribution in [2.24, 2.45) is 0 Å². The van der Waals surface area contributed by atoms with Crippen LogP contribution in [-0.4, -0.2) is 13.4 Å². The van der Waals surface area contributed by atoms with Gasteiger partial charge >= 0.3 is 0 Å². The molecule has 0 atom stereocenters. The number of benzene rings is 2. The van der Waals surface area contributed by atoms with Crippen LogP contribution in [0, 0.1) is 18.3 Å². The Morgan fingerprint density at radius 3 is 2.29 bits per heavy atom. The normalized spacial score (nSPS) is 11.0. The molecule has 1 heterocycles. The van der Waals surface area contributed by atoms with Crippen molar-refractivity contribution < 1.29 is 8.42 Å². The highest BCUT2D eigenvalue weighted by Gasteiger charge is 2.14. The summed E-state index contributed by atoms with van der Waals surface area (Å²) < 4.78 is 27.2. The molecule has 0 unspecified atom stereocenters. The molecule has 7 heteroatoms. The number of sulfonamides is 1. The van der Waals surface area contributed by atoms with E-state index in [1.54, 1.807) is 23.5 Å². The highest BCUT2D eigenvalue weighted by molar-refractivity contribution is 7.92. The first-order valence-corrected chi connectivity index (χ1v) is 9.40. The van der Waals surface area contributed by atoms with Crippen molar-refractivity contribution >= 4 is 27.0 Å². The molecular formula is C17H13N3O2S2. The first kappa shape index (κ1) is 16.2. The molecule has 3 rings (SSSR count). The average Bonchev–Trinajstić information content (AvgIpc) is 3.02. The van der Waals surface area contributed by atoms with Gasteiger partial charge in [-0.05, 0) is 43.3 Å². The van der Waals surface area contributed by atoms with Crippen LogP contribution in [0.5, 0.6) is 0 Å². The van der Waals surface area contributed by atoms with Crippen molar-refractivity contribution in [3.8, 4) is 17.3 Å². The summed E-state index contributed by atoms with van der Waals surface area (Å²) in [5, 5.41) is 11.7. The van der Waals surface area contributed by atoms with Gasteiger partial charge in [-0.2, -0.15) is 5.26 Å². The summed E-state index contributed by atoms with van der Waals surface area (Å²) in [5.74, 6) is 0. The lowest BCUT2D eigenvalue weighted by Crippen LogP contribution is -2.12. The summed E-state index contributed by atoms with van der Waals surface area (Å²) in [4.78, 5) is 4.51. The number of aromatic nitrogens is 1. The Kier molecular flexibility index (Phi) is 4.34. The molecule has 0 aliphatic rings. The zero-order valence-corrected chi connectivity index (χ0v) is 14.4. The second kappa shape index (κ2) is 6.43. The molecule has 0 fully saturated rings. The van der Waals surface area contributed by atoms with E-state index in [1.165, 1.54) is 24.3 Å². The second-order valence-electron chi connectivity index (χ2n) is 5.07. The summed E-state index contributed by atoms with van der Waals surface area (Å²) in [6, 6.07) is 14.8. The number of aryl methyl sites for hydroxylation is 1. The third-order valence-electron chi connectivity index (χ3n) is 3.35. The van der Waals surface area contributed by atoms with E-state index in [9.17, 15) is 8.42 Å². The molecule has 0 saturated heterocycles. The number of nitrogens with zero attached hydrogens (tertiary/aromatic N) is 2. The monoisotopic (exact) mass is 355 g/mol. The van der Waals surface area contributed by atoms with Crippen molar-refractivity contribution in [3.05, 3.63) is 64.5 Å². The van der Waals surface area contributed by atoms with Gasteiger partial charge in [0.2, 0.25) is 0 Å². The maximum Gasteiger partial charge on any atom is 0.261 e. The SMILES string of the molecule is Cc1nc(-c2ccc(NS(=O)(=O)c3ccc(C#N)cc3)cc2)cs1. The fourth-order valence-corrected chi connectivity index (χ4v) is 3.81. The van der Waals surface area contributed by atoms with E-state index in [0.717, 1.165) is 16.3 Å². The van der Waals surface area contributed by atoms with Gasteiger partial charge in [0.1, 0.15) is 0 Å². The van der Waals surface area contributed by atoms with Gasteiger partial charge in [0.25, 0.3) is 10.0 Å². The Bertz CT molecular complexity index is 999. The highest BCUT2D eigenvalue weighted by atomic mass is 32.2. The van der Waals surface area contributed by atoms with Crippen molar-refractivity contribution in [2.45, 2.75) is 11.8 Å². The Labute approximate surface area is 144 Å². The molecular weight excluding hydrogens is 342 g/mol. The van der Waals surface area contributed by atoms with Crippen LogP contribution in [0.1, 0.15) is 10.6 Å². The van der Waals surface area contributed by atoms with Crippen LogP contribution >= 0.6 is 11.3 Å². The van der Waals surface area contributed by atoms with Gasteiger partial charge in [0, 0.05) is 16.6 Å². The van der Waals surface area contributed by atoms with Gasteiger partial charge in [0.15, 0.2) is 0 Å². The van der Waals surface area contributed by atoms with E-state index in [1.807, 2.05) is 30.5 Å². The molecule has 0 aliphatic heterocycles. The molecule has 1 aromatic heterocycles. The summed E-state index contributed by atoms with van der Waals surface area (Å²) in [6.07, 6.45) is 0. The fraction of sp³-hybridized carbons (Fsp3) is 0.0588. The lowest BCUT2D eigenvalue weighted by Gasteiger charge is -2.08. The summed E-state index contributed by atoms with van der Waals surface area (Å²) >= 11 is 1.57. The number of anilines is 1. The molecule has 120 valence electrons. The van der Waals surface area contributed by atoms with Crippen molar-refractivity contribution in [1.29, 1.82) is 5.26 Å². The van der Waals surface area contributed by atoms with Crippen molar-refractivity contribution in [3.63, 3.8) is 0 Å². The fourth-order valence-electron chi connectivity index (χ4n) is 2.13. The number of hydrogen-bond donors (Lipinski definition) is 1. The molecule has 0 aliphatic carbocycles. The predicted octanol–water partition coefficient (Wildman–Crippen LogP) is 3.79. The first-order valence-electron chi connectivity index (χ1n) is 7.03. The minimum Gasteiger partial charge on any atom is -0.280 e. The Hall–Kier alpha value is -2.69. The smallest absolute Gasteiger partial charge is 0.261 e. The van der Waals surface area contributed by atoms with E-state index in [0.29, 0.717) is 11.3 Å². The molecule has 0 bridgehead atoms. The van der Waals surface area contributed by atoms with Crippen LogP contribution in [0.4, 0.5) is 5.69 Å². The standard InChI is InChI=1S/C17H13N3O2S2/c1-12-19-17(11-23-12)14-4-6-15(7-5-14)20-24(21,22)16-8-2-13(10-18)3-9-16/h2-9,11,20H,1H3. The summed E-state index contributed by atoms with van der Waals surface area (Å²) in [6.45, 7) is 1.94. The lowest BCUT2D eigenvalue weighted by atomic mass is 10.1. The molecule has 2 aromatic carbocycles. The molecule has 24 heavy (non-hydrogen) atoms. The Morgan fingerprint density at radius 2 is 1.75 bits per heavy atom. The predicted molar refractivity (Wildman–Crippen MR) is 94.3 cm³/mol. The minimum atomic E-state index is -3.68. The largest absolute Gasteiger partial charge is 0.280 e. The number of nitrogens with one attached hydrogen (secondary N) is 1. The minimum absolute atomic E-state index is 0.112. The van der Waals surface area contributed by atoms with Crippen LogP contribution in [0.15, 0.2) is 58.8 Å². The van der Waals surface area contributed by atoms with E-state index in [-0.39, 0.29) is 4.90 Å². The van der Waals surface area contributed by atoms with Gasteiger partial charge in [-0.15, -0.1) is 11.3 Å². The maximum atomic E-state index is 12.4. The van der Waals surface area contributed by atoms with Gasteiger partial charge in [0.05, 0.1) is 27.2 Å². The zero-order valence-electron chi connectivity index (χ0n) is 12.7. The molecule has 0 amide bonds. The van der Waals surface area contributed by atoms with Gasteiger partial charge in [-0.25, -0.2) is 13.4 Å². The van der Waals surface area contributed by atoms with Gasteiger partial charge < -0.3 is 0 Å². The number of thiazole rings is 1.